The first-order chi connectivity index (χ1) is 8.90. The number of methoxy groups -OCH3 is 1. The molecule has 1 aromatic carbocycles. The minimum atomic E-state index is -0.396. The molecule has 0 aromatic heterocycles. The highest BCUT2D eigenvalue weighted by Crippen LogP contribution is 2.16. The van der Waals surface area contributed by atoms with E-state index in [1.54, 1.807) is 19.2 Å². The van der Waals surface area contributed by atoms with Gasteiger partial charge in [0.05, 0.1) is 20.1 Å². The van der Waals surface area contributed by atoms with Crippen LogP contribution in [0.4, 0.5) is 0 Å². The summed E-state index contributed by atoms with van der Waals surface area (Å²) in [4.78, 5) is 11.5. The molecule has 0 aliphatic carbocycles. The van der Waals surface area contributed by atoms with Crippen molar-refractivity contribution in [1.29, 1.82) is 0 Å². The van der Waals surface area contributed by atoms with Gasteiger partial charge in [-0.25, -0.2) is 0 Å². The van der Waals surface area contributed by atoms with Crippen LogP contribution in [0.25, 0.3) is 0 Å². The zero-order valence-corrected chi connectivity index (χ0v) is 11.7. The quantitative estimate of drug-likeness (QED) is 0.780. The number of nitrogens with one attached hydrogen (secondary N) is 1. The van der Waals surface area contributed by atoms with Gasteiger partial charge in [0.15, 0.2) is 0 Å². The van der Waals surface area contributed by atoms with E-state index >= 15 is 0 Å². The molecule has 0 fully saturated rings. The van der Waals surface area contributed by atoms with E-state index in [9.17, 15) is 4.79 Å². The van der Waals surface area contributed by atoms with Crippen LogP contribution in [-0.4, -0.2) is 31.7 Å². The predicted molar refractivity (Wildman–Crippen MR) is 74.4 cm³/mol. The lowest BCUT2D eigenvalue weighted by Gasteiger charge is -2.18. The molecule has 0 aliphatic heterocycles. The van der Waals surface area contributed by atoms with Crippen LogP contribution in [0.5, 0.6) is 11.5 Å². The maximum absolute atomic E-state index is 11.5. The fraction of sp³-hybridized carbons (Fsp3) is 0.500. The third kappa shape index (κ3) is 6.67. The molecule has 0 radical (unpaired) electrons. The van der Waals surface area contributed by atoms with E-state index < -0.39 is 5.54 Å². The summed E-state index contributed by atoms with van der Waals surface area (Å²) in [5.74, 6) is 1.43. The number of benzene rings is 1. The van der Waals surface area contributed by atoms with Gasteiger partial charge in [0.2, 0.25) is 5.91 Å². The Hall–Kier alpha value is -1.75. The van der Waals surface area contributed by atoms with Crippen LogP contribution < -0.4 is 20.5 Å². The molecule has 0 saturated heterocycles. The molecule has 5 nitrogen and oxygen atoms in total. The first-order valence-electron chi connectivity index (χ1n) is 6.23. The molecule has 0 aliphatic rings. The maximum Gasteiger partial charge on any atom is 0.223 e. The number of rotatable bonds is 7. The van der Waals surface area contributed by atoms with Gasteiger partial charge in [0, 0.05) is 12.1 Å². The third-order valence-electron chi connectivity index (χ3n) is 2.40. The molecule has 0 atom stereocenters. The number of carbonyl (C=O) groups excluding carboxylic acids is 1. The van der Waals surface area contributed by atoms with Gasteiger partial charge in [-0.3, -0.25) is 4.79 Å². The van der Waals surface area contributed by atoms with Crippen LogP contribution in [0.15, 0.2) is 24.3 Å². The molecule has 0 heterocycles. The lowest BCUT2D eigenvalue weighted by atomic mass is 10.1. The smallest absolute Gasteiger partial charge is 0.223 e. The van der Waals surface area contributed by atoms with E-state index in [0.717, 1.165) is 5.75 Å². The minimum Gasteiger partial charge on any atom is -0.497 e. The van der Waals surface area contributed by atoms with E-state index in [2.05, 4.69) is 5.32 Å². The van der Waals surface area contributed by atoms with Crippen molar-refractivity contribution in [3.05, 3.63) is 24.3 Å². The maximum atomic E-state index is 11.5. The normalized spacial score (nSPS) is 10.9. The highest BCUT2D eigenvalue weighted by atomic mass is 16.5. The minimum absolute atomic E-state index is 0.0629. The molecule has 0 saturated carbocycles. The monoisotopic (exact) mass is 266 g/mol. The Kier molecular flexibility index (Phi) is 5.63. The van der Waals surface area contributed by atoms with Crippen LogP contribution in [0.2, 0.25) is 0 Å². The summed E-state index contributed by atoms with van der Waals surface area (Å²) in [7, 11) is 1.61. The molecule has 0 spiro atoms. The summed E-state index contributed by atoms with van der Waals surface area (Å²) >= 11 is 0. The fourth-order valence-electron chi connectivity index (χ4n) is 1.35. The highest BCUT2D eigenvalue weighted by molar-refractivity contribution is 5.76. The van der Waals surface area contributed by atoms with Crippen molar-refractivity contribution in [3.8, 4) is 11.5 Å². The second-order valence-electron chi connectivity index (χ2n) is 5.04. The van der Waals surface area contributed by atoms with Gasteiger partial charge >= 0.3 is 0 Å². The first-order valence-corrected chi connectivity index (χ1v) is 6.23. The van der Waals surface area contributed by atoms with E-state index in [0.29, 0.717) is 25.3 Å². The molecule has 0 unspecified atom stereocenters. The highest BCUT2D eigenvalue weighted by Gasteiger charge is 2.11. The first kappa shape index (κ1) is 15.3. The lowest BCUT2D eigenvalue weighted by molar-refractivity contribution is -0.121. The zero-order valence-electron chi connectivity index (χ0n) is 11.7. The summed E-state index contributed by atoms with van der Waals surface area (Å²) in [5, 5.41) is 2.76. The Morgan fingerprint density at radius 1 is 1.26 bits per heavy atom. The molecule has 106 valence electrons. The lowest BCUT2D eigenvalue weighted by Crippen LogP contribution is -2.45. The Labute approximate surface area is 114 Å². The van der Waals surface area contributed by atoms with Crippen LogP contribution >= 0.6 is 0 Å². The molecule has 5 heteroatoms. The van der Waals surface area contributed by atoms with Crippen molar-refractivity contribution in [3.63, 3.8) is 0 Å². The second kappa shape index (κ2) is 6.99. The summed E-state index contributed by atoms with van der Waals surface area (Å²) in [6.07, 6.45) is 0.308. The van der Waals surface area contributed by atoms with Crippen LogP contribution in [0.3, 0.4) is 0 Å². The van der Waals surface area contributed by atoms with Crippen molar-refractivity contribution < 1.29 is 14.3 Å². The average Bonchev–Trinajstić information content (AvgIpc) is 2.36. The van der Waals surface area contributed by atoms with Crippen molar-refractivity contribution in [1.82, 2.24) is 5.32 Å². The summed E-state index contributed by atoms with van der Waals surface area (Å²) < 4.78 is 10.5. The number of carbonyl (C=O) groups is 1. The SMILES string of the molecule is COc1ccc(OCCC(=O)NCC(C)(C)N)cc1. The van der Waals surface area contributed by atoms with Gasteiger partial charge < -0.3 is 20.5 Å². The van der Waals surface area contributed by atoms with Crippen molar-refractivity contribution in [2.45, 2.75) is 25.8 Å². The van der Waals surface area contributed by atoms with Gasteiger partial charge in [0.1, 0.15) is 11.5 Å². The third-order valence-corrected chi connectivity index (χ3v) is 2.40. The van der Waals surface area contributed by atoms with Crippen LogP contribution in [-0.2, 0) is 4.79 Å². The van der Waals surface area contributed by atoms with E-state index in [-0.39, 0.29) is 5.91 Å². The van der Waals surface area contributed by atoms with Gasteiger partial charge in [0.25, 0.3) is 0 Å². The molecule has 3 N–H and O–H groups in total. The van der Waals surface area contributed by atoms with Gasteiger partial charge in [-0.1, -0.05) is 0 Å². The summed E-state index contributed by atoms with van der Waals surface area (Å²) in [6, 6.07) is 7.23. The number of hydrogen-bond acceptors (Lipinski definition) is 4. The van der Waals surface area contributed by atoms with Crippen LogP contribution in [0.1, 0.15) is 20.3 Å². The van der Waals surface area contributed by atoms with Crippen molar-refractivity contribution in [2.24, 2.45) is 5.73 Å². The number of nitrogens with two attached hydrogens (primary N) is 1. The number of amides is 1. The largest absolute Gasteiger partial charge is 0.497 e. The number of ether oxygens (including phenoxy) is 2. The van der Waals surface area contributed by atoms with Gasteiger partial charge in [-0.2, -0.15) is 0 Å². The predicted octanol–water partition coefficient (Wildman–Crippen LogP) is 1.32. The Bertz CT molecular complexity index is 396. The van der Waals surface area contributed by atoms with Crippen molar-refractivity contribution in [2.75, 3.05) is 20.3 Å². The fourth-order valence-corrected chi connectivity index (χ4v) is 1.35. The molecule has 19 heavy (non-hydrogen) atoms. The average molecular weight is 266 g/mol. The molecular weight excluding hydrogens is 244 g/mol. The number of hydrogen-bond donors (Lipinski definition) is 2. The summed E-state index contributed by atoms with van der Waals surface area (Å²) in [5.41, 5.74) is 5.38. The summed E-state index contributed by atoms with van der Waals surface area (Å²) in [6.45, 7) is 4.51. The Morgan fingerprint density at radius 3 is 2.37 bits per heavy atom. The molecule has 1 amide bonds. The molecule has 1 rings (SSSR count). The van der Waals surface area contributed by atoms with Crippen LogP contribution in [0, 0.1) is 0 Å². The van der Waals surface area contributed by atoms with Gasteiger partial charge in [-0.15, -0.1) is 0 Å². The molecular formula is C14H22N2O3. The topological polar surface area (TPSA) is 73.6 Å². The van der Waals surface area contributed by atoms with E-state index in [1.807, 2.05) is 26.0 Å². The van der Waals surface area contributed by atoms with Crippen molar-refractivity contribution >= 4 is 5.91 Å². The van der Waals surface area contributed by atoms with E-state index in [1.165, 1.54) is 0 Å². The Morgan fingerprint density at radius 2 is 1.84 bits per heavy atom. The molecule has 1 aromatic rings. The Balaban J connectivity index is 2.24. The second-order valence-corrected chi connectivity index (χ2v) is 5.04. The van der Waals surface area contributed by atoms with Gasteiger partial charge in [-0.05, 0) is 38.1 Å². The zero-order chi connectivity index (χ0) is 14.3. The standard InChI is InChI=1S/C14H22N2O3/c1-14(2,15)10-16-13(17)8-9-19-12-6-4-11(18-3)5-7-12/h4-7H,8-10,15H2,1-3H3,(H,16,17). The van der Waals surface area contributed by atoms with E-state index in [4.69, 9.17) is 15.2 Å². The molecule has 0 bridgehead atoms.